The lowest BCUT2D eigenvalue weighted by molar-refractivity contribution is -0.0513. The topological polar surface area (TPSA) is 143 Å². The van der Waals surface area contributed by atoms with Crippen molar-refractivity contribution in [1.29, 1.82) is 0 Å². The molecule has 1 unspecified atom stereocenters. The molecule has 0 aliphatic carbocycles. The van der Waals surface area contributed by atoms with Gasteiger partial charge in [-0.25, -0.2) is 15.0 Å². The van der Waals surface area contributed by atoms with Crippen molar-refractivity contribution in [3.63, 3.8) is 0 Å². The van der Waals surface area contributed by atoms with E-state index in [1.165, 1.54) is 6.33 Å². The lowest BCUT2D eigenvalue weighted by Crippen LogP contribution is -2.41. The van der Waals surface area contributed by atoms with Crippen LogP contribution in [0.2, 0.25) is 0 Å². The molecule has 1 aromatic carbocycles. The number of aldehydes is 1. The van der Waals surface area contributed by atoms with Gasteiger partial charge in [0.2, 0.25) is 0 Å². The molecule has 3 heterocycles. The van der Waals surface area contributed by atoms with Crippen LogP contribution in [0.25, 0.3) is 11.2 Å². The fraction of sp³-hybridized carbons (Fsp3) is 0.350. The molecule has 3 aromatic rings. The summed E-state index contributed by atoms with van der Waals surface area (Å²) in [5, 5.41) is 2.81. The minimum atomic E-state index is -0.613. The number of rotatable bonds is 7. The zero-order valence-corrected chi connectivity index (χ0v) is 17.0. The van der Waals surface area contributed by atoms with Crippen LogP contribution >= 0.6 is 0 Å². The summed E-state index contributed by atoms with van der Waals surface area (Å²) in [7, 11) is 3.10. The molecule has 11 heteroatoms. The van der Waals surface area contributed by atoms with E-state index >= 15 is 0 Å². The van der Waals surface area contributed by atoms with Crippen molar-refractivity contribution >= 4 is 29.2 Å². The number of aromatic nitrogens is 4. The number of anilines is 1. The fourth-order valence-corrected chi connectivity index (χ4v) is 3.78. The maximum absolute atomic E-state index is 12.6. The van der Waals surface area contributed by atoms with Gasteiger partial charge in [-0.15, -0.1) is 0 Å². The number of imidazole rings is 1. The first kappa shape index (κ1) is 20.8. The Labute approximate surface area is 177 Å². The van der Waals surface area contributed by atoms with Crippen LogP contribution in [-0.4, -0.2) is 70.8 Å². The molecule has 4 rings (SSSR count). The molecule has 0 radical (unpaired) electrons. The molecule has 1 aliphatic rings. The zero-order valence-electron chi connectivity index (χ0n) is 17.0. The van der Waals surface area contributed by atoms with Gasteiger partial charge in [0.25, 0.3) is 5.91 Å². The SMILES string of the molecule is COC1[C@@H](CNC(=O)c2ccccc2C=O)O[C@@H](n2cnc3c(N)ncnc32)[C@H]1OC. The number of nitrogens with two attached hydrogens (primary N) is 1. The van der Waals surface area contributed by atoms with E-state index in [1.807, 2.05) is 0 Å². The molecule has 0 saturated carbocycles. The molecule has 11 nitrogen and oxygen atoms in total. The number of nitrogens with zero attached hydrogens (tertiary/aromatic N) is 4. The van der Waals surface area contributed by atoms with Crippen molar-refractivity contribution in [1.82, 2.24) is 24.8 Å². The highest BCUT2D eigenvalue weighted by Crippen LogP contribution is 2.34. The molecule has 1 amide bonds. The summed E-state index contributed by atoms with van der Waals surface area (Å²) in [6.07, 6.45) is 1.44. The fourth-order valence-electron chi connectivity index (χ4n) is 3.78. The Hall–Kier alpha value is -3.41. The van der Waals surface area contributed by atoms with Gasteiger partial charge in [0.15, 0.2) is 24.0 Å². The number of carbonyl (C=O) groups is 2. The molecular weight excluding hydrogens is 404 g/mol. The van der Waals surface area contributed by atoms with Gasteiger partial charge < -0.3 is 25.3 Å². The third-order valence-electron chi connectivity index (χ3n) is 5.29. The van der Waals surface area contributed by atoms with Crippen molar-refractivity contribution < 1.29 is 23.8 Å². The Morgan fingerprint density at radius 1 is 1.23 bits per heavy atom. The molecule has 1 saturated heterocycles. The molecule has 0 spiro atoms. The average molecular weight is 426 g/mol. The lowest BCUT2D eigenvalue weighted by atomic mass is 10.1. The van der Waals surface area contributed by atoms with Gasteiger partial charge in [0.05, 0.1) is 6.33 Å². The minimum absolute atomic E-state index is 0.143. The molecule has 31 heavy (non-hydrogen) atoms. The number of nitrogens with one attached hydrogen (secondary N) is 1. The molecule has 1 fully saturated rings. The number of amides is 1. The standard InChI is InChI=1S/C20H22N6O5/c1-29-15-13(7-22-19(28)12-6-4-3-5-11(12)8-27)31-20(16(15)30-2)26-10-25-14-17(21)23-9-24-18(14)26/h3-6,8-10,13,15-16,20H,7H2,1-2H3,(H,22,28)(H2,21,23,24)/t13-,15?,16+,20-/m1/s1. The second-order valence-electron chi connectivity index (χ2n) is 6.96. The maximum atomic E-state index is 12.6. The molecule has 1 aliphatic heterocycles. The van der Waals surface area contributed by atoms with Gasteiger partial charge in [-0.1, -0.05) is 18.2 Å². The van der Waals surface area contributed by atoms with E-state index < -0.39 is 24.5 Å². The quantitative estimate of drug-likeness (QED) is 0.518. The van der Waals surface area contributed by atoms with Gasteiger partial charge in [-0.2, -0.15) is 0 Å². The van der Waals surface area contributed by atoms with Crippen LogP contribution in [-0.2, 0) is 14.2 Å². The first-order chi connectivity index (χ1) is 15.1. The number of benzene rings is 1. The van der Waals surface area contributed by atoms with Gasteiger partial charge >= 0.3 is 0 Å². The zero-order chi connectivity index (χ0) is 22.0. The Morgan fingerprint density at radius 3 is 2.74 bits per heavy atom. The Morgan fingerprint density at radius 2 is 2.00 bits per heavy atom. The van der Waals surface area contributed by atoms with E-state index in [-0.39, 0.29) is 23.8 Å². The van der Waals surface area contributed by atoms with Gasteiger partial charge in [0.1, 0.15) is 30.2 Å². The summed E-state index contributed by atoms with van der Waals surface area (Å²) in [6, 6.07) is 6.56. The van der Waals surface area contributed by atoms with Crippen LogP contribution in [0.1, 0.15) is 26.9 Å². The highest BCUT2D eigenvalue weighted by Gasteiger charge is 2.47. The average Bonchev–Trinajstić information content (AvgIpc) is 3.38. The van der Waals surface area contributed by atoms with E-state index in [2.05, 4.69) is 20.3 Å². The summed E-state index contributed by atoms with van der Waals surface area (Å²) in [5.74, 6) is -0.121. The van der Waals surface area contributed by atoms with E-state index in [0.29, 0.717) is 23.0 Å². The lowest BCUT2D eigenvalue weighted by Gasteiger charge is -2.22. The molecule has 4 atom stereocenters. The first-order valence-electron chi connectivity index (χ1n) is 9.55. The van der Waals surface area contributed by atoms with E-state index in [4.69, 9.17) is 19.9 Å². The van der Waals surface area contributed by atoms with Gasteiger partial charge in [-0.05, 0) is 6.07 Å². The van der Waals surface area contributed by atoms with Crippen LogP contribution in [0.5, 0.6) is 0 Å². The Kier molecular flexibility index (Phi) is 5.89. The Balaban J connectivity index is 1.55. The highest BCUT2D eigenvalue weighted by atomic mass is 16.6. The van der Waals surface area contributed by atoms with Crippen molar-refractivity contribution in [2.24, 2.45) is 0 Å². The number of methoxy groups -OCH3 is 2. The summed E-state index contributed by atoms with van der Waals surface area (Å²) in [6.45, 7) is 0.143. The largest absolute Gasteiger partial charge is 0.382 e. The van der Waals surface area contributed by atoms with Crippen molar-refractivity contribution in [3.8, 4) is 0 Å². The van der Waals surface area contributed by atoms with E-state index in [0.717, 1.165) is 0 Å². The molecule has 3 N–H and O–H groups in total. The van der Waals surface area contributed by atoms with Crippen LogP contribution in [0.4, 0.5) is 5.82 Å². The number of ether oxygens (including phenoxy) is 3. The van der Waals surface area contributed by atoms with E-state index in [1.54, 1.807) is 49.4 Å². The van der Waals surface area contributed by atoms with Gasteiger partial charge in [-0.3, -0.25) is 14.2 Å². The number of hydrogen-bond donors (Lipinski definition) is 2. The van der Waals surface area contributed by atoms with Gasteiger partial charge in [0, 0.05) is 31.9 Å². The van der Waals surface area contributed by atoms with E-state index in [9.17, 15) is 9.59 Å². The van der Waals surface area contributed by atoms with Crippen LogP contribution < -0.4 is 11.1 Å². The summed E-state index contributed by atoms with van der Waals surface area (Å²) in [5.41, 5.74) is 7.43. The van der Waals surface area contributed by atoms with Crippen LogP contribution in [0, 0.1) is 0 Å². The van der Waals surface area contributed by atoms with Crippen molar-refractivity contribution in [2.45, 2.75) is 24.5 Å². The smallest absolute Gasteiger partial charge is 0.252 e. The predicted octanol–water partition coefficient (Wildman–Crippen LogP) is 0.578. The molecule has 0 bridgehead atoms. The van der Waals surface area contributed by atoms with Crippen LogP contribution in [0.15, 0.2) is 36.9 Å². The highest BCUT2D eigenvalue weighted by molar-refractivity contribution is 6.01. The minimum Gasteiger partial charge on any atom is -0.382 e. The Bertz CT molecular complexity index is 1100. The normalized spacial score (nSPS) is 23.2. The van der Waals surface area contributed by atoms with Crippen LogP contribution in [0.3, 0.4) is 0 Å². The predicted molar refractivity (Wildman–Crippen MR) is 109 cm³/mol. The number of fused-ring (bicyclic) bond motifs is 1. The molecular formula is C20H22N6O5. The molecule has 162 valence electrons. The second-order valence-corrected chi connectivity index (χ2v) is 6.96. The first-order valence-corrected chi connectivity index (χ1v) is 9.55. The summed E-state index contributed by atoms with van der Waals surface area (Å²) >= 11 is 0. The van der Waals surface area contributed by atoms with Crippen molar-refractivity contribution in [2.75, 3.05) is 26.5 Å². The number of hydrogen-bond acceptors (Lipinski definition) is 9. The number of carbonyl (C=O) groups excluding carboxylic acids is 2. The maximum Gasteiger partial charge on any atom is 0.252 e. The second kappa shape index (κ2) is 8.76. The summed E-state index contributed by atoms with van der Waals surface area (Å²) < 4.78 is 19.2. The monoisotopic (exact) mass is 426 g/mol. The van der Waals surface area contributed by atoms with Crippen molar-refractivity contribution in [3.05, 3.63) is 48.0 Å². The third kappa shape index (κ3) is 3.74. The number of nitrogen functional groups attached to an aromatic ring is 1. The summed E-state index contributed by atoms with van der Waals surface area (Å²) in [4.78, 5) is 36.3. The third-order valence-corrected chi connectivity index (χ3v) is 5.29. The molecule has 2 aromatic heterocycles.